The lowest BCUT2D eigenvalue weighted by Crippen LogP contribution is -2.37. The lowest BCUT2D eigenvalue weighted by atomic mass is 10.2. The predicted molar refractivity (Wildman–Crippen MR) is 92.6 cm³/mol. The smallest absolute Gasteiger partial charge is 0.251 e. The number of hydrogen-bond acceptors (Lipinski definition) is 4. The van der Waals surface area contributed by atoms with Crippen molar-refractivity contribution in [3.8, 4) is 11.5 Å². The highest BCUT2D eigenvalue weighted by Gasteiger charge is 2.15. The topological polar surface area (TPSA) is 67.9 Å². The highest BCUT2D eigenvalue weighted by molar-refractivity contribution is 5.96. The number of carbonyl (C=O) groups excluding carboxylic acids is 2. The number of rotatable bonds is 5. The molecule has 1 N–H and O–H groups in total. The number of likely N-dealkylation sites (N-methyl/N-ethyl adjacent to an activating group) is 1. The Balaban J connectivity index is 1.54. The van der Waals surface area contributed by atoms with Gasteiger partial charge in [0.25, 0.3) is 5.91 Å². The van der Waals surface area contributed by atoms with E-state index in [9.17, 15) is 14.0 Å². The second kappa shape index (κ2) is 7.86. The fourth-order valence-electron chi connectivity index (χ4n) is 2.57. The number of ether oxygens (including phenoxy) is 2. The van der Waals surface area contributed by atoms with E-state index in [0.717, 1.165) is 11.6 Å². The zero-order chi connectivity index (χ0) is 18.5. The molecule has 0 aliphatic carbocycles. The van der Waals surface area contributed by atoms with Gasteiger partial charge in [-0.1, -0.05) is 12.1 Å². The Kier molecular flexibility index (Phi) is 5.36. The van der Waals surface area contributed by atoms with E-state index in [1.807, 2.05) is 18.2 Å². The Morgan fingerprint density at radius 3 is 2.65 bits per heavy atom. The number of nitrogens with zero attached hydrogens (tertiary/aromatic N) is 1. The third-order valence-electron chi connectivity index (χ3n) is 3.94. The maximum absolute atomic E-state index is 13.1. The monoisotopic (exact) mass is 358 g/mol. The van der Waals surface area contributed by atoms with E-state index < -0.39 is 11.7 Å². The van der Waals surface area contributed by atoms with Gasteiger partial charge in [0.15, 0.2) is 11.5 Å². The van der Waals surface area contributed by atoms with Gasteiger partial charge >= 0.3 is 0 Å². The average molecular weight is 358 g/mol. The van der Waals surface area contributed by atoms with Crippen LogP contribution in [-0.4, -0.2) is 43.5 Å². The highest BCUT2D eigenvalue weighted by Crippen LogP contribution is 2.30. The van der Waals surface area contributed by atoms with Gasteiger partial charge in [-0.15, -0.1) is 0 Å². The Morgan fingerprint density at radius 1 is 1.12 bits per heavy atom. The molecule has 1 aliphatic heterocycles. The molecule has 0 aromatic heterocycles. The van der Waals surface area contributed by atoms with Crippen LogP contribution in [0.1, 0.15) is 15.9 Å². The average Bonchev–Trinajstić information content (AvgIpc) is 2.65. The summed E-state index contributed by atoms with van der Waals surface area (Å²) in [6.45, 7) is 1.22. The van der Waals surface area contributed by atoms with E-state index in [-0.39, 0.29) is 18.0 Å². The SMILES string of the molecule is CN(Cc1ccc2c(c1)OCCO2)C(=O)CNC(=O)c1cccc(F)c1. The minimum absolute atomic E-state index is 0.170. The van der Waals surface area contributed by atoms with Crippen molar-refractivity contribution >= 4 is 11.8 Å². The number of benzene rings is 2. The van der Waals surface area contributed by atoms with Crippen molar-refractivity contribution in [2.24, 2.45) is 0 Å². The predicted octanol–water partition coefficient (Wildman–Crippen LogP) is 1.99. The van der Waals surface area contributed by atoms with E-state index in [2.05, 4.69) is 5.32 Å². The number of fused-ring (bicyclic) bond motifs is 1. The van der Waals surface area contributed by atoms with Gasteiger partial charge in [0.2, 0.25) is 5.91 Å². The summed E-state index contributed by atoms with van der Waals surface area (Å²) in [5.41, 5.74) is 1.06. The molecule has 7 heteroatoms. The molecule has 26 heavy (non-hydrogen) atoms. The van der Waals surface area contributed by atoms with Crippen molar-refractivity contribution < 1.29 is 23.5 Å². The van der Waals surface area contributed by atoms with E-state index >= 15 is 0 Å². The van der Waals surface area contributed by atoms with Crippen molar-refractivity contribution in [3.05, 3.63) is 59.4 Å². The van der Waals surface area contributed by atoms with Gasteiger partial charge in [0, 0.05) is 19.2 Å². The maximum Gasteiger partial charge on any atom is 0.251 e. The molecule has 6 nitrogen and oxygen atoms in total. The van der Waals surface area contributed by atoms with Crippen LogP contribution in [0.5, 0.6) is 11.5 Å². The summed E-state index contributed by atoms with van der Waals surface area (Å²) in [6.07, 6.45) is 0. The lowest BCUT2D eigenvalue weighted by Gasteiger charge is -2.21. The molecule has 0 bridgehead atoms. The number of carbonyl (C=O) groups is 2. The number of hydrogen-bond donors (Lipinski definition) is 1. The zero-order valence-electron chi connectivity index (χ0n) is 14.3. The number of nitrogens with one attached hydrogen (secondary N) is 1. The molecule has 0 saturated carbocycles. The van der Waals surface area contributed by atoms with E-state index in [4.69, 9.17) is 9.47 Å². The molecule has 0 saturated heterocycles. The molecule has 2 aromatic rings. The van der Waals surface area contributed by atoms with Crippen molar-refractivity contribution in [2.45, 2.75) is 6.54 Å². The first-order chi connectivity index (χ1) is 12.5. The fourth-order valence-corrected chi connectivity index (χ4v) is 2.57. The van der Waals surface area contributed by atoms with Gasteiger partial charge < -0.3 is 19.7 Å². The summed E-state index contributed by atoms with van der Waals surface area (Å²) in [4.78, 5) is 25.7. The Labute approximate surface area is 150 Å². The molecular formula is C19H19FN2O4. The van der Waals surface area contributed by atoms with E-state index in [0.29, 0.717) is 31.3 Å². The van der Waals surface area contributed by atoms with Gasteiger partial charge in [-0.05, 0) is 35.9 Å². The number of amides is 2. The molecule has 0 spiro atoms. The Morgan fingerprint density at radius 2 is 1.88 bits per heavy atom. The minimum Gasteiger partial charge on any atom is -0.486 e. The summed E-state index contributed by atoms with van der Waals surface area (Å²) >= 11 is 0. The summed E-state index contributed by atoms with van der Waals surface area (Å²) in [5.74, 6) is 0.0975. The molecular weight excluding hydrogens is 339 g/mol. The van der Waals surface area contributed by atoms with Gasteiger partial charge in [0.1, 0.15) is 19.0 Å². The van der Waals surface area contributed by atoms with Gasteiger partial charge in [-0.2, -0.15) is 0 Å². The third kappa shape index (κ3) is 4.30. The second-order valence-electron chi connectivity index (χ2n) is 5.92. The van der Waals surface area contributed by atoms with Gasteiger partial charge in [-0.25, -0.2) is 4.39 Å². The van der Waals surface area contributed by atoms with Crippen LogP contribution < -0.4 is 14.8 Å². The molecule has 136 valence electrons. The maximum atomic E-state index is 13.1. The van der Waals surface area contributed by atoms with Crippen LogP contribution in [0.3, 0.4) is 0 Å². The van der Waals surface area contributed by atoms with Crippen LogP contribution in [-0.2, 0) is 11.3 Å². The normalized spacial score (nSPS) is 12.4. The van der Waals surface area contributed by atoms with Crippen LogP contribution in [0.4, 0.5) is 4.39 Å². The molecule has 1 aliphatic rings. The summed E-state index contributed by atoms with van der Waals surface area (Å²) in [5, 5.41) is 2.50. The van der Waals surface area contributed by atoms with Crippen molar-refractivity contribution in [3.63, 3.8) is 0 Å². The molecule has 0 unspecified atom stereocenters. The quantitative estimate of drug-likeness (QED) is 0.888. The van der Waals surface area contributed by atoms with Crippen molar-refractivity contribution in [2.75, 3.05) is 26.8 Å². The molecule has 0 radical (unpaired) electrons. The molecule has 0 atom stereocenters. The van der Waals surface area contributed by atoms with E-state index in [1.165, 1.54) is 23.1 Å². The standard InChI is InChI=1S/C19H19FN2O4/c1-22(12-13-5-6-16-17(9-13)26-8-7-25-16)18(23)11-21-19(24)14-3-2-4-15(20)10-14/h2-6,9-10H,7-8,11-12H2,1H3,(H,21,24). The lowest BCUT2D eigenvalue weighted by molar-refractivity contribution is -0.129. The minimum atomic E-state index is -0.500. The first kappa shape index (κ1) is 17.7. The first-order valence-corrected chi connectivity index (χ1v) is 8.19. The largest absolute Gasteiger partial charge is 0.486 e. The first-order valence-electron chi connectivity index (χ1n) is 8.19. The van der Waals surface area contributed by atoms with Crippen molar-refractivity contribution in [1.82, 2.24) is 10.2 Å². The molecule has 1 heterocycles. The van der Waals surface area contributed by atoms with Crippen LogP contribution in [0.2, 0.25) is 0 Å². The fraction of sp³-hybridized carbons (Fsp3) is 0.263. The highest BCUT2D eigenvalue weighted by atomic mass is 19.1. The molecule has 2 aromatic carbocycles. The molecule has 3 rings (SSSR count). The summed E-state index contributed by atoms with van der Waals surface area (Å²) in [7, 11) is 1.65. The Bertz CT molecular complexity index is 825. The van der Waals surface area contributed by atoms with Crippen molar-refractivity contribution in [1.29, 1.82) is 0 Å². The molecule has 2 amide bonds. The Hall–Kier alpha value is -3.09. The van der Waals surface area contributed by atoms with Crippen LogP contribution in [0.15, 0.2) is 42.5 Å². The van der Waals surface area contributed by atoms with E-state index in [1.54, 1.807) is 7.05 Å². The second-order valence-corrected chi connectivity index (χ2v) is 5.92. The van der Waals surface area contributed by atoms with Crippen LogP contribution in [0.25, 0.3) is 0 Å². The number of halogens is 1. The van der Waals surface area contributed by atoms with Gasteiger partial charge in [0.05, 0.1) is 6.54 Å². The summed E-state index contributed by atoms with van der Waals surface area (Å²) in [6, 6.07) is 10.8. The van der Waals surface area contributed by atoms with Crippen LogP contribution >= 0.6 is 0 Å². The zero-order valence-corrected chi connectivity index (χ0v) is 14.3. The third-order valence-corrected chi connectivity index (χ3v) is 3.94. The van der Waals surface area contributed by atoms with Gasteiger partial charge in [-0.3, -0.25) is 9.59 Å². The summed E-state index contributed by atoms with van der Waals surface area (Å²) < 4.78 is 24.1. The van der Waals surface area contributed by atoms with Crippen LogP contribution in [0, 0.1) is 5.82 Å². The molecule has 0 fully saturated rings.